The Bertz CT molecular complexity index is 795. The highest BCUT2D eigenvalue weighted by atomic mass is 19.4. The van der Waals surface area contributed by atoms with Gasteiger partial charge in [-0.1, -0.05) is 0 Å². The van der Waals surface area contributed by atoms with Crippen molar-refractivity contribution in [2.45, 2.75) is 32.0 Å². The number of rotatable bonds is 3. The van der Waals surface area contributed by atoms with Gasteiger partial charge in [0.25, 0.3) is 0 Å². The summed E-state index contributed by atoms with van der Waals surface area (Å²) in [5.74, 6) is -1.07. The number of likely N-dealkylation sites (tertiary alicyclic amines) is 1. The van der Waals surface area contributed by atoms with E-state index in [9.17, 15) is 18.0 Å². The fourth-order valence-electron chi connectivity index (χ4n) is 3.26. The first-order valence-corrected chi connectivity index (χ1v) is 8.38. The average molecular weight is 380 g/mol. The number of ether oxygens (including phenoxy) is 1. The summed E-state index contributed by atoms with van der Waals surface area (Å²) in [6.07, 6.45) is -1.35. The number of nitrogens with zero attached hydrogens (tertiary/aromatic N) is 3. The van der Waals surface area contributed by atoms with Gasteiger partial charge in [-0.3, -0.25) is 0 Å². The lowest BCUT2D eigenvalue weighted by Crippen LogP contribution is -2.51. The Morgan fingerprint density at radius 1 is 1.22 bits per heavy atom. The Balaban J connectivity index is 1.64. The number of hydrogen-bond donors (Lipinski definition) is 1. The van der Waals surface area contributed by atoms with Crippen LogP contribution in [0.3, 0.4) is 0 Å². The van der Waals surface area contributed by atoms with Crippen molar-refractivity contribution in [3.05, 3.63) is 42.7 Å². The second-order valence-electron chi connectivity index (χ2n) is 6.78. The Kier molecular flexibility index (Phi) is 4.95. The molecule has 1 aliphatic rings. The van der Waals surface area contributed by atoms with Crippen molar-refractivity contribution in [2.24, 2.45) is 5.92 Å². The average Bonchev–Trinajstić information content (AvgIpc) is 2.93. The summed E-state index contributed by atoms with van der Waals surface area (Å²) in [6.45, 7) is 2.93. The second kappa shape index (κ2) is 7.05. The van der Waals surface area contributed by atoms with Gasteiger partial charge >= 0.3 is 18.2 Å². The van der Waals surface area contributed by atoms with E-state index in [4.69, 9.17) is 4.74 Å². The van der Waals surface area contributed by atoms with Crippen molar-refractivity contribution >= 4 is 11.7 Å². The molecule has 3 rings (SSSR count). The standard InChI is InChI=1S/C18H19F3N4O2/c1-17(2)14(18(19,20)21)8-11-25(17)16(26)24-12-4-6-13(7-5-12)27-15-22-9-3-10-23-15/h3-7,9-10,14H,8,11H2,1-2H3,(H,24,26). The van der Waals surface area contributed by atoms with Crippen LogP contribution in [-0.2, 0) is 0 Å². The zero-order valence-electron chi connectivity index (χ0n) is 14.8. The monoisotopic (exact) mass is 380 g/mol. The molecule has 1 N–H and O–H groups in total. The molecule has 0 spiro atoms. The molecule has 1 aromatic carbocycles. The first-order chi connectivity index (χ1) is 12.7. The van der Waals surface area contributed by atoms with Gasteiger partial charge < -0.3 is 15.0 Å². The molecular formula is C18H19F3N4O2. The van der Waals surface area contributed by atoms with Crippen molar-refractivity contribution in [3.8, 4) is 11.8 Å². The molecule has 0 saturated carbocycles. The number of aromatic nitrogens is 2. The van der Waals surface area contributed by atoms with Crippen molar-refractivity contribution in [1.29, 1.82) is 0 Å². The fraction of sp³-hybridized carbons (Fsp3) is 0.389. The molecule has 1 fully saturated rings. The van der Waals surface area contributed by atoms with Crippen LogP contribution in [0.2, 0.25) is 0 Å². The summed E-state index contributed by atoms with van der Waals surface area (Å²) in [5.41, 5.74) is -0.858. The van der Waals surface area contributed by atoms with Gasteiger partial charge in [-0.05, 0) is 50.6 Å². The maximum Gasteiger partial charge on any atom is 0.394 e. The number of halogens is 3. The maximum atomic E-state index is 13.2. The lowest BCUT2D eigenvalue weighted by molar-refractivity contribution is -0.189. The molecule has 6 nitrogen and oxygen atoms in total. The topological polar surface area (TPSA) is 67.4 Å². The van der Waals surface area contributed by atoms with Crippen LogP contribution in [0.5, 0.6) is 11.8 Å². The predicted octanol–water partition coefficient (Wildman–Crippen LogP) is 4.46. The molecule has 144 valence electrons. The largest absolute Gasteiger partial charge is 0.424 e. The quantitative estimate of drug-likeness (QED) is 0.854. The molecule has 0 aliphatic carbocycles. The van der Waals surface area contributed by atoms with Gasteiger partial charge in [0.15, 0.2) is 0 Å². The third-order valence-corrected chi connectivity index (χ3v) is 4.69. The van der Waals surface area contributed by atoms with Gasteiger partial charge in [0.05, 0.1) is 11.5 Å². The summed E-state index contributed by atoms with van der Waals surface area (Å²) < 4.78 is 44.9. The van der Waals surface area contributed by atoms with Gasteiger partial charge in [-0.15, -0.1) is 0 Å². The molecule has 1 aliphatic heterocycles. The highest BCUT2D eigenvalue weighted by molar-refractivity contribution is 5.90. The first kappa shape index (κ1) is 18.9. The minimum atomic E-state index is -4.34. The molecule has 27 heavy (non-hydrogen) atoms. The van der Waals surface area contributed by atoms with Crippen molar-refractivity contribution in [3.63, 3.8) is 0 Å². The molecule has 1 unspecified atom stereocenters. The van der Waals surface area contributed by atoms with Gasteiger partial charge in [0.2, 0.25) is 0 Å². The van der Waals surface area contributed by atoms with E-state index in [-0.39, 0.29) is 19.0 Å². The second-order valence-corrected chi connectivity index (χ2v) is 6.78. The summed E-state index contributed by atoms with van der Waals surface area (Å²) in [4.78, 5) is 21.6. The third kappa shape index (κ3) is 4.12. The Labute approximate surface area is 154 Å². The van der Waals surface area contributed by atoms with Crippen molar-refractivity contribution in [2.75, 3.05) is 11.9 Å². The van der Waals surface area contributed by atoms with Crippen LogP contribution in [0.25, 0.3) is 0 Å². The SMILES string of the molecule is CC1(C)C(C(F)(F)F)CCN1C(=O)Nc1ccc(Oc2ncccn2)cc1. The van der Waals surface area contributed by atoms with Crippen LogP contribution in [0.1, 0.15) is 20.3 Å². The summed E-state index contributed by atoms with van der Waals surface area (Å²) in [7, 11) is 0. The maximum absolute atomic E-state index is 13.2. The molecule has 0 radical (unpaired) electrons. The Morgan fingerprint density at radius 2 is 1.85 bits per heavy atom. The number of alkyl halides is 3. The van der Waals surface area contributed by atoms with Crippen LogP contribution in [0.4, 0.5) is 23.7 Å². The molecule has 2 heterocycles. The molecule has 9 heteroatoms. The molecule has 2 aromatic rings. The number of carbonyl (C=O) groups is 1. The summed E-state index contributed by atoms with van der Waals surface area (Å²) >= 11 is 0. The molecular weight excluding hydrogens is 361 g/mol. The Hall–Kier alpha value is -2.84. The van der Waals surface area contributed by atoms with Gasteiger partial charge in [0, 0.05) is 24.6 Å². The van der Waals surface area contributed by atoms with Crippen molar-refractivity contribution < 1.29 is 22.7 Å². The van der Waals surface area contributed by atoms with E-state index in [1.165, 1.54) is 18.7 Å². The van der Waals surface area contributed by atoms with Crippen LogP contribution >= 0.6 is 0 Å². The van der Waals surface area contributed by atoms with Crippen LogP contribution < -0.4 is 10.1 Å². The van der Waals surface area contributed by atoms with Gasteiger partial charge in [-0.2, -0.15) is 13.2 Å². The number of amides is 2. The molecule has 1 aromatic heterocycles. The van der Waals surface area contributed by atoms with E-state index < -0.39 is 23.7 Å². The summed E-state index contributed by atoms with van der Waals surface area (Å²) in [5, 5.41) is 2.64. The highest BCUT2D eigenvalue weighted by Crippen LogP contribution is 2.44. The van der Waals surface area contributed by atoms with Crippen molar-refractivity contribution in [1.82, 2.24) is 14.9 Å². The number of urea groups is 1. The van der Waals surface area contributed by atoms with E-state index in [1.54, 1.807) is 42.7 Å². The number of benzene rings is 1. The van der Waals surface area contributed by atoms with E-state index in [0.717, 1.165) is 0 Å². The van der Waals surface area contributed by atoms with Crippen LogP contribution in [0, 0.1) is 5.92 Å². The van der Waals surface area contributed by atoms with Gasteiger partial charge in [-0.25, -0.2) is 14.8 Å². The minimum absolute atomic E-state index is 0.0511. The number of hydrogen-bond acceptors (Lipinski definition) is 4. The molecule has 1 atom stereocenters. The number of carbonyl (C=O) groups excluding carboxylic acids is 1. The predicted molar refractivity (Wildman–Crippen MR) is 92.5 cm³/mol. The molecule has 1 saturated heterocycles. The van der Waals surface area contributed by atoms with E-state index in [0.29, 0.717) is 11.4 Å². The summed E-state index contributed by atoms with van der Waals surface area (Å²) in [6, 6.07) is 7.70. The minimum Gasteiger partial charge on any atom is -0.424 e. The zero-order chi connectivity index (χ0) is 19.7. The highest BCUT2D eigenvalue weighted by Gasteiger charge is 2.56. The number of nitrogens with one attached hydrogen (secondary N) is 1. The van der Waals surface area contributed by atoms with Crippen LogP contribution in [0.15, 0.2) is 42.7 Å². The van der Waals surface area contributed by atoms with E-state index >= 15 is 0 Å². The normalized spacial score (nSPS) is 19.0. The molecule has 0 bridgehead atoms. The van der Waals surface area contributed by atoms with Gasteiger partial charge in [0.1, 0.15) is 5.75 Å². The molecule has 2 amide bonds. The lowest BCUT2D eigenvalue weighted by atomic mass is 9.88. The zero-order valence-corrected chi connectivity index (χ0v) is 14.8. The number of anilines is 1. The first-order valence-electron chi connectivity index (χ1n) is 8.38. The third-order valence-electron chi connectivity index (χ3n) is 4.69. The van der Waals surface area contributed by atoms with Crippen LogP contribution in [-0.4, -0.2) is 39.2 Å². The smallest absolute Gasteiger partial charge is 0.394 e. The Morgan fingerprint density at radius 3 is 2.41 bits per heavy atom. The lowest BCUT2D eigenvalue weighted by Gasteiger charge is -2.36. The fourth-order valence-corrected chi connectivity index (χ4v) is 3.26. The van der Waals surface area contributed by atoms with E-state index in [2.05, 4.69) is 15.3 Å². The van der Waals surface area contributed by atoms with E-state index in [1.807, 2.05) is 0 Å².